The summed E-state index contributed by atoms with van der Waals surface area (Å²) in [6.45, 7) is 4.20. The van der Waals surface area contributed by atoms with Crippen LogP contribution in [0.15, 0.2) is 42.9 Å². The van der Waals surface area contributed by atoms with Gasteiger partial charge in [-0.25, -0.2) is 9.78 Å². The van der Waals surface area contributed by atoms with Crippen LogP contribution < -0.4 is 16.4 Å². The van der Waals surface area contributed by atoms with Gasteiger partial charge in [-0.05, 0) is 30.7 Å². The highest BCUT2D eigenvalue weighted by Gasteiger charge is 2.38. The van der Waals surface area contributed by atoms with Gasteiger partial charge in [-0.1, -0.05) is 44.2 Å². The van der Waals surface area contributed by atoms with Gasteiger partial charge >= 0.3 is 5.97 Å². The van der Waals surface area contributed by atoms with Gasteiger partial charge in [0.05, 0.1) is 12.4 Å². The number of carboxylic acids is 1. The summed E-state index contributed by atoms with van der Waals surface area (Å²) in [5.41, 5.74) is 7.48. The maximum Gasteiger partial charge on any atom is 0.326 e. The van der Waals surface area contributed by atoms with Gasteiger partial charge in [0.15, 0.2) is 0 Å². The third-order valence-corrected chi connectivity index (χ3v) is 6.39. The molecular weight excluding hydrogens is 476 g/mol. The molecule has 4 atom stereocenters. The molecule has 1 aromatic heterocycles. The summed E-state index contributed by atoms with van der Waals surface area (Å²) in [7, 11) is 0. The highest BCUT2D eigenvalue weighted by Crippen LogP contribution is 2.19. The molecule has 1 fully saturated rings. The number of carbonyl (C=O) groups is 4. The zero-order valence-corrected chi connectivity index (χ0v) is 21.2. The Balaban J connectivity index is 1.82. The van der Waals surface area contributed by atoms with Gasteiger partial charge in [0.25, 0.3) is 0 Å². The second-order valence-electron chi connectivity index (χ2n) is 9.86. The van der Waals surface area contributed by atoms with Gasteiger partial charge in [0.2, 0.25) is 17.7 Å². The van der Waals surface area contributed by atoms with E-state index in [9.17, 15) is 24.3 Å². The lowest BCUT2D eigenvalue weighted by atomic mass is 10.0. The number of H-pyrrole nitrogens is 1. The molecule has 3 rings (SSSR count). The number of carbonyl (C=O) groups excluding carboxylic acids is 3. The van der Waals surface area contributed by atoms with E-state index in [1.807, 2.05) is 44.2 Å². The Morgan fingerprint density at radius 3 is 2.43 bits per heavy atom. The molecule has 6 N–H and O–H groups in total. The molecule has 0 bridgehead atoms. The first-order valence-corrected chi connectivity index (χ1v) is 12.6. The number of likely N-dealkylation sites (tertiary alicyclic amines) is 1. The van der Waals surface area contributed by atoms with E-state index in [4.69, 9.17) is 5.73 Å². The van der Waals surface area contributed by atoms with Crippen molar-refractivity contribution in [1.82, 2.24) is 25.5 Å². The number of imidazole rings is 1. The average Bonchev–Trinajstić information content (AvgIpc) is 3.55. The Morgan fingerprint density at radius 2 is 1.81 bits per heavy atom. The van der Waals surface area contributed by atoms with E-state index in [1.165, 1.54) is 11.2 Å². The maximum absolute atomic E-state index is 13.5. The molecule has 0 radical (unpaired) electrons. The number of aromatic nitrogens is 2. The number of aliphatic carboxylic acids is 1. The van der Waals surface area contributed by atoms with Crippen LogP contribution in [-0.4, -0.2) is 74.4 Å². The fraction of sp³-hybridized carbons (Fsp3) is 0.500. The Kier molecular flexibility index (Phi) is 9.78. The predicted octanol–water partition coefficient (Wildman–Crippen LogP) is 0.614. The SMILES string of the molecule is CC(C)CC(N)C(=O)NC(Cc1ccccc1)C(=O)NC(Cc1cnc[nH]1)C(=O)N1CCCC1C(=O)O. The second kappa shape index (κ2) is 13.0. The van der Waals surface area contributed by atoms with Gasteiger partial charge < -0.3 is 31.4 Å². The van der Waals surface area contributed by atoms with Crippen molar-refractivity contribution in [3.8, 4) is 0 Å². The van der Waals surface area contributed by atoms with Crippen molar-refractivity contribution >= 4 is 23.7 Å². The van der Waals surface area contributed by atoms with Crippen LogP contribution in [-0.2, 0) is 32.0 Å². The Hall–Kier alpha value is -3.73. The molecule has 1 aliphatic rings. The van der Waals surface area contributed by atoms with Crippen LogP contribution in [0.25, 0.3) is 0 Å². The molecule has 11 nitrogen and oxygen atoms in total. The van der Waals surface area contributed by atoms with Crippen LogP contribution in [0.5, 0.6) is 0 Å². The summed E-state index contributed by atoms with van der Waals surface area (Å²) in [6.07, 6.45) is 4.66. The number of rotatable bonds is 12. The molecule has 11 heteroatoms. The number of nitrogens with zero attached hydrogens (tertiary/aromatic N) is 2. The molecule has 1 saturated heterocycles. The predicted molar refractivity (Wildman–Crippen MR) is 136 cm³/mol. The molecule has 2 aromatic rings. The smallest absolute Gasteiger partial charge is 0.326 e. The number of hydrogen-bond donors (Lipinski definition) is 5. The normalized spacial score (nSPS) is 17.7. The molecular formula is C26H36N6O5. The number of nitrogens with one attached hydrogen (secondary N) is 3. The molecule has 1 aliphatic heterocycles. The van der Waals surface area contributed by atoms with Crippen LogP contribution in [0.4, 0.5) is 0 Å². The molecule has 4 unspecified atom stereocenters. The molecule has 1 aromatic carbocycles. The number of nitrogens with two attached hydrogens (primary N) is 1. The lowest BCUT2D eigenvalue weighted by Crippen LogP contribution is -2.58. The standard InChI is InChI=1S/C26H36N6O5/c1-16(2)11-19(27)23(33)30-20(12-17-7-4-3-5-8-17)24(34)31-21(13-18-14-28-15-29-18)25(35)32-10-6-9-22(32)26(36)37/h3-5,7-8,14-16,19-22H,6,9-13,27H2,1-2H3,(H,28,29)(H,30,33)(H,31,34)(H,36,37). The van der Waals surface area contributed by atoms with Crippen molar-refractivity contribution in [3.63, 3.8) is 0 Å². The Labute approximate surface area is 216 Å². The van der Waals surface area contributed by atoms with Crippen molar-refractivity contribution < 1.29 is 24.3 Å². The van der Waals surface area contributed by atoms with Crippen molar-refractivity contribution in [3.05, 3.63) is 54.1 Å². The van der Waals surface area contributed by atoms with E-state index >= 15 is 0 Å². The number of benzene rings is 1. The van der Waals surface area contributed by atoms with Crippen LogP contribution >= 0.6 is 0 Å². The van der Waals surface area contributed by atoms with Gasteiger partial charge in [0.1, 0.15) is 18.1 Å². The zero-order chi connectivity index (χ0) is 26.9. The topological polar surface area (TPSA) is 171 Å². The van der Waals surface area contributed by atoms with E-state index in [2.05, 4.69) is 20.6 Å². The first kappa shape index (κ1) is 27.9. The molecule has 2 heterocycles. The zero-order valence-electron chi connectivity index (χ0n) is 21.2. The molecule has 3 amide bonds. The summed E-state index contributed by atoms with van der Waals surface area (Å²) in [6, 6.07) is 5.44. The minimum absolute atomic E-state index is 0.0896. The third-order valence-electron chi connectivity index (χ3n) is 6.39. The fourth-order valence-electron chi connectivity index (χ4n) is 4.53. The van der Waals surface area contributed by atoms with Gasteiger partial charge in [-0.2, -0.15) is 0 Å². The van der Waals surface area contributed by atoms with Crippen LogP contribution in [0.1, 0.15) is 44.4 Å². The van der Waals surface area contributed by atoms with Gasteiger partial charge in [-0.3, -0.25) is 14.4 Å². The highest BCUT2D eigenvalue weighted by atomic mass is 16.4. The third kappa shape index (κ3) is 7.88. The number of hydrogen-bond acceptors (Lipinski definition) is 6. The van der Waals surface area contributed by atoms with E-state index in [0.717, 1.165) is 5.56 Å². The highest BCUT2D eigenvalue weighted by molar-refractivity contribution is 5.94. The second-order valence-corrected chi connectivity index (χ2v) is 9.86. The van der Waals surface area contributed by atoms with E-state index in [1.54, 1.807) is 6.20 Å². The van der Waals surface area contributed by atoms with Crippen LogP contribution in [0, 0.1) is 5.92 Å². The van der Waals surface area contributed by atoms with Crippen molar-refractivity contribution in [1.29, 1.82) is 0 Å². The fourth-order valence-corrected chi connectivity index (χ4v) is 4.53. The minimum atomic E-state index is -1.08. The lowest BCUT2D eigenvalue weighted by Gasteiger charge is -2.29. The molecule has 37 heavy (non-hydrogen) atoms. The van der Waals surface area contributed by atoms with Crippen LogP contribution in [0.2, 0.25) is 0 Å². The summed E-state index contributed by atoms with van der Waals surface area (Å²) in [4.78, 5) is 59.7. The maximum atomic E-state index is 13.5. The minimum Gasteiger partial charge on any atom is -0.480 e. The molecule has 200 valence electrons. The summed E-state index contributed by atoms with van der Waals surface area (Å²) in [5.74, 6) is -2.38. The van der Waals surface area contributed by atoms with Crippen LogP contribution in [0.3, 0.4) is 0 Å². The van der Waals surface area contributed by atoms with E-state index in [-0.39, 0.29) is 18.8 Å². The Morgan fingerprint density at radius 1 is 1.11 bits per heavy atom. The van der Waals surface area contributed by atoms with E-state index in [0.29, 0.717) is 31.5 Å². The number of amides is 3. The Bertz CT molecular complexity index is 1060. The number of carboxylic acid groups (broad SMARTS) is 1. The number of aromatic amines is 1. The average molecular weight is 513 g/mol. The molecule has 0 spiro atoms. The van der Waals surface area contributed by atoms with Gasteiger partial charge in [-0.15, -0.1) is 0 Å². The lowest BCUT2D eigenvalue weighted by molar-refractivity contribution is -0.149. The van der Waals surface area contributed by atoms with Crippen molar-refractivity contribution in [2.45, 2.75) is 70.1 Å². The monoisotopic (exact) mass is 512 g/mol. The first-order chi connectivity index (χ1) is 17.7. The first-order valence-electron chi connectivity index (χ1n) is 12.6. The van der Waals surface area contributed by atoms with Crippen molar-refractivity contribution in [2.75, 3.05) is 6.54 Å². The molecule has 0 aliphatic carbocycles. The summed E-state index contributed by atoms with van der Waals surface area (Å²) >= 11 is 0. The van der Waals surface area contributed by atoms with Crippen molar-refractivity contribution in [2.24, 2.45) is 11.7 Å². The largest absolute Gasteiger partial charge is 0.480 e. The quantitative estimate of drug-likeness (QED) is 0.277. The summed E-state index contributed by atoms with van der Waals surface area (Å²) < 4.78 is 0. The van der Waals surface area contributed by atoms with Gasteiger partial charge in [0, 0.05) is 31.3 Å². The van der Waals surface area contributed by atoms with E-state index < -0.39 is 47.9 Å². The molecule has 0 saturated carbocycles. The summed E-state index contributed by atoms with van der Waals surface area (Å²) in [5, 5.41) is 15.1.